The number of unbranched alkanes of at least 4 members (excludes halogenated alkanes) is 2. The van der Waals surface area contributed by atoms with Gasteiger partial charge in [0, 0.05) is 19.6 Å². The summed E-state index contributed by atoms with van der Waals surface area (Å²) in [5, 5.41) is 13.5. The van der Waals surface area contributed by atoms with Crippen molar-refractivity contribution in [1.82, 2.24) is 10.2 Å². The van der Waals surface area contributed by atoms with Crippen molar-refractivity contribution in [2.45, 2.75) is 66.5 Å². The molecule has 120 valence electrons. The molecule has 0 aromatic rings. The second-order valence-corrected chi connectivity index (χ2v) is 5.82. The number of aliphatic hydroxyl groups excluding tert-OH is 1. The lowest BCUT2D eigenvalue weighted by atomic mass is 9.92. The predicted octanol–water partition coefficient (Wildman–Crippen LogP) is 2.62. The normalized spacial score (nSPS) is 14.6. The fourth-order valence-corrected chi connectivity index (χ4v) is 2.40. The van der Waals surface area contributed by atoms with E-state index < -0.39 is 6.23 Å². The lowest BCUT2D eigenvalue weighted by molar-refractivity contribution is -0.138. The number of carbonyl (C=O) groups excluding carboxylic acids is 1. The minimum atomic E-state index is -0.681. The van der Waals surface area contributed by atoms with Gasteiger partial charge in [0.25, 0.3) is 0 Å². The van der Waals surface area contributed by atoms with Crippen molar-refractivity contribution in [3.05, 3.63) is 0 Å². The Morgan fingerprint density at radius 1 is 1.10 bits per heavy atom. The minimum absolute atomic E-state index is 0.0343. The largest absolute Gasteiger partial charge is 0.378 e. The number of carbonyl (C=O) groups is 1. The van der Waals surface area contributed by atoms with Crippen molar-refractivity contribution < 1.29 is 9.90 Å². The maximum atomic E-state index is 12.2. The summed E-state index contributed by atoms with van der Waals surface area (Å²) in [4.78, 5) is 14.3. The Labute approximate surface area is 124 Å². The van der Waals surface area contributed by atoms with Gasteiger partial charge in [-0.25, -0.2) is 0 Å². The molecule has 0 bridgehead atoms. The van der Waals surface area contributed by atoms with Crippen molar-refractivity contribution >= 4 is 5.91 Å². The molecule has 0 spiro atoms. The molecular formula is C16H34N2O2. The zero-order chi connectivity index (χ0) is 15.5. The molecule has 0 radical (unpaired) electrons. The summed E-state index contributed by atoms with van der Waals surface area (Å²) in [5.74, 6) is -0.265. The Balaban J connectivity index is 4.83. The van der Waals surface area contributed by atoms with Crippen molar-refractivity contribution in [3.63, 3.8) is 0 Å². The first-order valence-electron chi connectivity index (χ1n) is 8.19. The summed E-state index contributed by atoms with van der Waals surface area (Å²) in [6.45, 7) is 12.5. The Morgan fingerprint density at radius 3 is 1.95 bits per heavy atom. The van der Waals surface area contributed by atoms with Gasteiger partial charge in [-0.15, -0.1) is 0 Å². The van der Waals surface area contributed by atoms with Crippen LogP contribution in [0.3, 0.4) is 0 Å². The van der Waals surface area contributed by atoms with Gasteiger partial charge in [-0.3, -0.25) is 9.69 Å². The van der Waals surface area contributed by atoms with E-state index >= 15 is 0 Å². The second-order valence-electron chi connectivity index (χ2n) is 5.82. The van der Waals surface area contributed by atoms with Crippen LogP contribution in [0.4, 0.5) is 0 Å². The van der Waals surface area contributed by atoms with E-state index in [1.165, 1.54) is 0 Å². The van der Waals surface area contributed by atoms with Crippen LogP contribution in [0, 0.1) is 11.8 Å². The van der Waals surface area contributed by atoms with Gasteiger partial charge < -0.3 is 10.4 Å². The van der Waals surface area contributed by atoms with Crippen molar-refractivity contribution in [3.8, 4) is 0 Å². The van der Waals surface area contributed by atoms with Crippen LogP contribution in [-0.4, -0.2) is 41.8 Å². The lowest BCUT2D eigenvalue weighted by Gasteiger charge is -2.34. The van der Waals surface area contributed by atoms with Gasteiger partial charge in [-0.1, -0.05) is 40.5 Å². The average Bonchev–Trinajstić information content (AvgIpc) is 2.38. The highest BCUT2D eigenvalue weighted by atomic mass is 16.3. The van der Waals surface area contributed by atoms with Crippen LogP contribution in [0.2, 0.25) is 0 Å². The third-order valence-corrected chi connectivity index (χ3v) is 3.67. The number of aliphatic hydroxyl groups is 1. The summed E-state index contributed by atoms with van der Waals surface area (Å²) in [6.07, 6.45) is 3.63. The van der Waals surface area contributed by atoms with E-state index in [0.29, 0.717) is 6.54 Å². The molecule has 4 heteroatoms. The van der Waals surface area contributed by atoms with Crippen molar-refractivity contribution in [1.29, 1.82) is 0 Å². The lowest BCUT2D eigenvalue weighted by Crippen LogP contribution is -2.49. The topological polar surface area (TPSA) is 52.6 Å². The summed E-state index contributed by atoms with van der Waals surface area (Å²) in [6, 6.07) is 0. The fraction of sp³-hybridized carbons (Fsp3) is 0.938. The summed E-state index contributed by atoms with van der Waals surface area (Å²) in [5.41, 5.74) is 0. The molecule has 0 aliphatic carbocycles. The van der Waals surface area contributed by atoms with E-state index in [1.807, 2.05) is 20.8 Å². The number of amides is 1. The summed E-state index contributed by atoms with van der Waals surface area (Å²) >= 11 is 0. The Kier molecular flexibility index (Phi) is 10.8. The van der Waals surface area contributed by atoms with Gasteiger partial charge >= 0.3 is 0 Å². The van der Waals surface area contributed by atoms with Crippen LogP contribution < -0.4 is 5.32 Å². The third-order valence-electron chi connectivity index (χ3n) is 3.67. The molecule has 1 amide bonds. The molecule has 2 N–H and O–H groups in total. The van der Waals surface area contributed by atoms with E-state index in [2.05, 4.69) is 24.1 Å². The number of hydrogen-bond acceptors (Lipinski definition) is 3. The van der Waals surface area contributed by atoms with Crippen molar-refractivity contribution in [2.24, 2.45) is 11.8 Å². The first kappa shape index (κ1) is 19.4. The monoisotopic (exact) mass is 286 g/mol. The van der Waals surface area contributed by atoms with Crippen LogP contribution >= 0.6 is 0 Å². The molecule has 0 aliphatic heterocycles. The minimum Gasteiger partial charge on any atom is -0.378 e. The van der Waals surface area contributed by atoms with Crippen molar-refractivity contribution in [2.75, 3.05) is 19.6 Å². The first-order chi connectivity index (χ1) is 9.49. The molecule has 2 unspecified atom stereocenters. The van der Waals surface area contributed by atoms with Gasteiger partial charge in [0.05, 0.1) is 5.92 Å². The fourth-order valence-electron chi connectivity index (χ4n) is 2.40. The Bertz CT molecular complexity index is 249. The highest BCUT2D eigenvalue weighted by Crippen LogP contribution is 2.20. The molecular weight excluding hydrogens is 252 g/mol. The molecule has 4 nitrogen and oxygen atoms in total. The van der Waals surface area contributed by atoms with E-state index in [0.717, 1.165) is 38.8 Å². The highest BCUT2D eigenvalue weighted by Gasteiger charge is 2.33. The molecule has 20 heavy (non-hydrogen) atoms. The zero-order valence-electron chi connectivity index (χ0n) is 14.0. The Hall–Kier alpha value is -0.610. The smallest absolute Gasteiger partial charge is 0.227 e. The molecule has 0 saturated heterocycles. The maximum absolute atomic E-state index is 12.2. The van der Waals surface area contributed by atoms with Gasteiger partial charge in [-0.05, 0) is 25.7 Å². The molecule has 0 rings (SSSR count). The number of rotatable bonds is 11. The van der Waals surface area contributed by atoms with Gasteiger partial charge in [0.1, 0.15) is 6.23 Å². The quantitative estimate of drug-likeness (QED) is 0.574. The van der Waals surface area contributed by atoms with E-state index in [1.54, 1.807) is 0 Å². The van der Waals surface area contributed by atoms with E-state index in [4.69, 9.17) is 0 Å². The van der Waals surface area contributed by atoms with Gasteiger partial charge in [0.2, 0.25) is 5.91 Å². The predicted molar refractivity (Wildman–Crippen MR) is 84.4 cm³/mol. The van der Waals surface area contributed by atoms with Crippen LogP contribution in [-0.2, 0) is 4.79 Å². The molecule has 0 saturated carbocycles. The summed E-state index contributed by atoms with van der Waals surface area (Å²) < 4.78 is 0. The number of nitrogens with zero attached hydrogens (tertiary/aromatic N) is 1. The molecule has 0 aliphatic rings. The Morgan fingerprint density at radius 2 is 1.60 bits per heavy atom. The van der Waals surface area contributed by atoms with E-state index in [9.17, 15) is 9.90 Å². The average molecular weight is 286 g/mol. The van der Waals surface area contributed by atoms with E-state index in [-0.39, 0.29) is 17.7 Å². The number of hydrogen-bond donors (Lipinski definition) is 2. The van der Waals surface area contributed by atoms with Crippen LogP contribution in [0.1, 0.15) is 60.3 Å². The molecule has 0 aromatic heterocycles. The molecule has 0 fully saturated rings. The van der Waals surface area contributed by atoms with Crippen LogP contribution in [0.25, 0.3) is 0 Å². The molecule has 0 heterocycles. The summed E-state index contributed by atoms with van der Waals surface area (Å²) in [7, 11) is 0. The van der Waals surface area contributed by atoms with Crippen LogP contribution in [0.5, 0.6) is 0 Å². The number of nitrogens with one attached hydrogen (secondary N) is 1. The van der Waals surface area contributed by atoms with Crippen LogP contribution in [0.15, 0.2) is 0 Å². The first-order valence-corrected chi connectivity index (χ1v) is 8.19. The SMILES string of the molecule is CCCCN(CCCC)C(O)C(C(=O)NCC)C(C)C. The maximum Gasteiger partial charge on any atom is 0.227 e. The third kappa shape index (κ3) is 6.71. The van der Waals surface area contributed by atoms with Gasteiger partial charge in [-0.2, -0.15) is 0 Å². The molecule has 2 atom stereocenters. The standard InChI is InChI=1S/C16H34N2O2/c1-6-9-11-18(12-10-7-2)16(20)14(13(4)5)15(19)17-8-3/h13-14,16,20H,6-12H2,1-5H3,(H,17,19). The highest BCUT2D eigenvalue weighted by molar-refractivity contribution is 5.79. The second kappa shape index (κ2) is 11.1. The zero-order valence-corrected chi connectivity index (χ0v) is 14.0. The van der Waals surface area contributed by atoms with Gasteiger partial charge in [0.15, 0.2) is 0 Å². The molecule has 0 aromatic carbocycles.